The highest BCUT2D eigenvalue weighted by molar-refractivity contribution is 5.85. The number of allylic oxidation sites excluding steroid dienone is 1. The molecule has 1 atom stereocenters. The van der Waals surface area contributed by atoms with Crippen molar-refractivity contribution in [1.82, 2.24) is 0 Å². The van der Waals surface area contributed by atoms with E-state index in [2.05, 4.69) is 6.92 Å². The van der Waals surface area contributed by atoms with Gasteiger partial charge >= 0.3 is 0 Å². The largest absolute Gasteiger partial charge is 0.370 e. The number of carbonyl (C=O) groups excluding carboxylic acids is 2. The zero-order valence-electron chi connectivity index (χ0n) is 17.0. The molecule has 0 fully saturated rings. The fourth-order valence-corrected chi connectivity index (χ4v) is 3.20. The van der Waals surface area contributed by atoms with E-state index < -0.39 is 17.7 Å². The minimum atomic E-state index is -0.556. The van der Waals surface area contributed by atoms with Gasteiger partial charge in [0.2, 0.25) is 11.8 Å². The molecule has 0 aliphatic heterocycles. The number of rotatable bonds is 19. The van der Waals surface area contributed by atoms with E-state index in [9.17, 15) is 9.59 Å². The van der Waals surface area contributed by atoms with E-state index in [1.54, 1.807) is 6.08 Å². The second kappa shape index (κ2) is 18.5. The number of carbonyl (C=O) groups is 2. The molecule has 0 heterocycles. The maximum Gasteiger partial charge on any atom is 0.224 e. The molecule has 0 aromatic carbocycles. The highest BCUT2D eigenvalue weighted by atomic mass is 16.2. The fraction of sp³-hybridized carbons (Fsp3) is 0.818. The lowest BCUT2D eigenvalue weighted by molar-refractivity contribution is -0.125. The summed E-state index contributed by atoms with van der Waals surface area (Å²) in [5, 5.41) is 0. The minimum Gasteiger partial charge on any atom is -0.370 e. The van der Waals surface area contributed by atoms with Gasteiger partial charge in [-0.3, -0.25) is 9.59 Å². The standard InChI is InChI=1S/C22H42N2O2/c1-2-3-4-5-6-7-8-9-10-11-12-13-14-15-16-17-18-20(22(24)26)19-21(23)25/h17-18,20H,2-16,19H2,1H3,(H2,23,25)(H2,24,26). The van der Waals surface area contributed by atoms with E-state index in [0.717, 1.165) is 12.8 Å². The average molecular weight is 367 g/mol. The molecule has 0 aliphatic rings. The van der Waals surface area contributed by atoms with E-state index in [4.69, 9.17) is 11.5 Å². The van der Waals surface area contributed by atoms with Crippen LogP contribution < -0.4 is 11.5 Å². The van der Waals surface area contributed by atoms with Crippen molar-refractivity contribution in [3.05, 3.63) is 12.2 Å². The van der Waals surface area contributed by atoms with Crippen LogP contribution in [0.2, 0.25) is 0 Å². The lowest BCUT2D eigenvalue weighted by atomic mass is 10.0. The van der Waals surface area contributed by atoms with Gasteiger partial charge in [0.05, 0.1) is 5.92 Å². The maximum atomic E-state index is 11.2. The Morgan fingerprint density at radius 2 is 1.15 bits per heavy atom. The van der Waals surface area contributed by atoms with Gasteiger partial charge in [0.15, 0.2) is 0 Å². The van der Waals surface area contributed by atoms with Crippen LogP contribution in [0.4, 0.5) is 0 Å². The lowest BCUT2D eigenvalue weighted by Gasteiger charge is -2.05. The second-order valence-electron chi connectivity index (χ2n) is 7.49. The third-order valence-corrected chi connectivity index (χ3v) is 4.88. The predicted molar refractivity (Wildman–Crippen MR) is 111 cm³/mol. The van der Waals surface area contributed by atoms with Gasteiger partial charge in [-0.05, 0) is 12.8 Å². The molecule has 0 saturated heterocycles. The quantitative estimate of drug-likeness (QED) is 0.237. The topological polar surface area (TPSA) is 86.2 Å². The van der Waals surface area contributed by atoms with Crippen LogP contribution >= 0.6 is 0 Å². The Labute approximate surface area is 161 Å². The molecule has 2 amide bonds. The molecule has 0 aromatic heterocycles. The summed E-state index contributed by atoms with van der Waals surface area (Å²) >= 11 is 0. The number of primary amides is 2. The van der Waals surface area contributed by atoms with E-state index in [1.165, 1.54) is 83.5 Å². The first-order valence-electron chi connectivity index (χ1n) is 10.8. The van der Waals surface area contributed by atoms with Crippen molar-refractivity contribution in [3.8, 4) is 0 Å². The first-order chi connectivity index (χ1) is 12.6. The number of amides is 2. The SMILES string of the molecule is CCCCCCCCCCCCCCCCC=CC(CC(N)=O)C(N)=O. The van der Waals surface area contributed by atoms with Gasteiger partial charge in [0, 0.05) is 6.42 Å². The van der Waals surface area contributed by atoms with E-state index in [0.29, 0.717) is 0 Å². The van der Waals surface area contributed by atoms with Crippen molar-refractivity contribution in [1.29, 1.82) is 0 Å². The smallest absolute Gasteiger partial charge is 0.224 e. The summed E-state index contributed by atoms with van der Waals surface area (Å²) in [4.78, 5) is 22.1. The normalized spacial score (nSPS) is 12.5. The minimum absolute atomic E-state index is 0.00454. The zero-order valence-corrected chi connectivity index (χ0v) is 17.0. The Balaban J connectivity index is 3.36. The predicted octanol–water partition coefficient (Wildman–Crippen LogP) is 5.39. The number of nitrogens with two attached hydrogens (primary N) is 2. The fourth-order valence-electron chi connectivity index (χ4n) is 3.20. The molecular weight excluding hydrogens is 324 g/mol. The van der Waals surface area contributed by atoms with Crippen molar-refractivity contribution >= 4 is 11.8 Å². The Kier molecular flexibility index (Phi) is 17.5. The van der Waals surface area contributed by atoms with Crippen LogP contribution in [0.25, 0.3) is 0 Å². The molecule has 4 N–H and O–H groups in total. The Hall–Kier alpha value is -1.32. The molecule has 4 heteroatoms. The van der Waals surface area contributed by atoms with Gasteiger partial charge in [0.25, 0.3) is 0 Å². The third kappa shape index (κ3) is 17.5. The zero-order chi connectivity index (χ0) is 19.5. The van der Waals surface area contributed by atoms with Crippen molar-refractivity contribution < 1.29 is 9.59 Å². The summed E-state index contributed by atoms with van der Waals surface area (Å²) in [6, 6.07) is 0. The molecule has 0 aliphatic carbocycles. The van der Waals surface area contributed by atoms with E-state index in [-0.39, 0.29) is 6.42 Å². The van der Waals surface area contributed by atoms with Crippen molar-refractivity contribution in [2.24, 2.45) is 17.4 Å². The van der Waals surface area contributed by atoms with Crippen LogP contribution in [0.1, 0.15) is 110 Å². The van der Waals surface area contributed by atoms with Crippen LogP contribution in [0.3, 0.4) is 0 Å². The van der Waals surface area contributed by atoms with Gasteiger partial charge in [-0.15, -0.1) is 0 Å². The average Bonchev–Trinajstić information content (AvgIpc) is 2.59. The summed E-state index contributed by atoms with van der Waals surface area (Å²) < 4.78 is 0. The Bertz CT molecular complexity index is 380. The molecule has 0 spiro atoms. The lowest BCUT2D eigenvalue weighted by Crippen LogP contribution is -2.26. The summed E-state index contributed by atoms with van der Waals surface area (Å²) in [5.41, 5.74) is 10.4. The maximum absolute atomic E-state index is 11.2. The molecule has 1 unspecified atom stereocenters. The molecule has 152 valence electrons. The van der Waals surface area contributed by atoms with E-state index in [1.807, 2.05) is 6.08 Å². The summed E-state index contributed by atoms with van der Waals surface area (Å²) in [5.74, 6) is -1.53. The van der Waals surface area contributed by atoms with E-state index >= 15 is 0 Å². The molecular formula is C22H42N2O2. The Morgan fingerprint density at radius 1 is 0.731 bits per heavy atom. The monoisotopic (exact) mass is 366 g/mol. The summed E-state index contributed by atoms with van der Waals surface area (Å²) in [6.07, 6.45) is 23.5. The molecule has 26 heavy (non-hydrogen) atoms. The first-order valence-corrected chi connectivity index (χ1v) is 10.8. The third-order valence-electron chi connectivity index (χ3n) is 4.88. The highest BCUT2D eigenvalue weighted by Gasteiger charge is 2.13. The molecule has 0 bridgehead atoms. The van der Waals surface area contributed by atoms with Crippen molar-refractivity contribution in [2.75, 3.05) is 0 Å². The number of hydrogen-bond donors (Lipinski definition) is 2. The van der Waals surface area contributed by atoms with Crippen LogP contribution in [0, 0.1) is 5.92 Å². The van der Waals surface area contributed by atoms with Crippen LogP contribution in [0.5, 0.6) is 0 Å². The first kappa shape index (κ1) is 24.7. The van der Waals surface area contributed by atoms with Crippen LogP contribution in [-0.4, -0.2) is 11.8 Å². The van der Waals surface area contributed by atoms with Crippen LogP contribution in [0.15, 0.2) is 12.2 Å². The second-order valence-corrected chi connectivity index (χ2v) is 7.49. The van der Waals surface area contributed by atoms with Gasteiger partial charge < -0.3 is 11.5 Å². The number of unbranched alkanes of at least 4 members (excludes halogenated alkanes) is 14. The van der Waals surface area contributed by atoms with Gasteiger partial charge in [-0.1, -0.05) is 103 Å². The Morgan fingerprint density at radius 3 is 1.54 bits per heavy atom. The molecule has 0 saturated carbocycles. The van der Waals surface area contributed by atoms with Gasteiger partial charge in [0.1, 0.15) is 0 Å². The molecule has 0 rings (SSSR count). The van der Waals surface area contributed by atoms with Crippen molar-refractivity contribution in [3.63, 3.8) is 0 Å². The summed E-state index contributed by atoms with van der Waals surface area (Å²) in [6.45, 7) is 2.27. The summed E-state index contributed by atoms with van der Waals surface area (Å²) in [7, 11) is 0. The van der Waals surface area contributed by atoms with Gasteiger partial charge in [-0.2, -0.15) is 0 Å². The van der Waals surface area contributed by atoms with Crippen LogP contribution in [-0.2, 0) is 9.59 Å². The van der Waals surface area contributed by atoms with Gasteiger partial charge in [-0.25, -0.2) is 0 Å². The number of hydrogen-bond acceptors (Lipinski definition) is 2. The molecule has 0 aromatic rings. The molecule has 4 nitrogen and oxygen atoms in total. The molecule has 0 radical (unpaired) electrons. The van der Waals surface area contributed by atoms with Crippen molar-refractivity contribution in [2.45, 2.75) is 110 Å². The highest BCUT2D eigenvalue weighted by Crippen LogP contribution is 2.13.